The van der Waals surface area contributed by atoms with E-state index in [9.17, 15) is 0 Å². The van der Waals surface area contributed by atoms with Gasteiger partial charge in [-0.05, 0) is 37.5 Å². The highest BCUT2D eigenvalue weighted by Gasteiger charge is 2.29. The van der Waals surface area contributed by atoms with E-state index in [4.69, 9.17) is 10.9 Å². The number of hydrogen-bond donors (Lipinski definition) is 2. The van der Waals surface area contributed by atoms with Crippen LogP contribution in [0.3, 0.4) is 0 Å². The van der Waals surface area contributed by atoms with Crippen molar-refractivity contribution in [3.63, 3.8) is 0 Å². The molecule has 6 heteroatoms. The minimum Gasteiger partial charge on any atom is -0.409 e. The Balaban J connectivity index is 1.72. The molecule has 2 aliphatic carbocycles. The second-order valence-corrected chi connectivity index (χ2v) is 5.54. The summed E-state index contributed by atoms with van der Waals surface area (Å²) >= 11 is 0. The molecule has 0 unspecified atom stereocenters. The lowest BCUT2D eigenvalue weighted by Crippen LogP contribution is -2.29. The summed E-state index contributed by atoms with van der Waals surface area (Å²) in [5.41, 5.74) is 5.89. The largest absolute Gasteiger partial charge is 0.409 e. The van der Waals surface area contributed by atoms with E-state index in [1.165, 1.54) is 25.7 Å². The van der Waals surface area contributed by atoms with Crippen LogP contribution in [0.1, 0.15) is 31.4 Å². The van der Waals surface area contributed by atoms with Crippen molar-refractivity contribution in [2.24, 2.45) is 22.7 Å². The summed E-state index contributed by atoms with van der Waals surface area (Å²) < 4.78 is 0. The van der Waals surface area contributed by atoms with Crippen molar-refractivity contribution >= 4 is 11.7 Å². The highest BCUT2D eigenvalue weighted by Crippen LogP contribution is 2.35. The van der Waals surface area contributed by atoms with Gasteiger partial charge in [-0.15, -0.1) is 0 Å². The SMILES string of the molecule is NC(=NO)c1cnc(N(CC2CC2)CC2CC2)cn1. The first-order chi connectivity index (χ1) is 9.26. The molecule has 0 aliphatic heterocycles. The van der Waals surface area contributed by atoms with Gasteiger partial charge in [-0.25, -0.2) is 9.97 Å². The van der Waals surface area contributed by atoms with E-state index in [1.807, 2.05) is 0 Å². The van der Waals surface area contributed by atoms with E-state index in [2.05, 4.69) is 20.0 Å². The topological polar surface area (TPSA) is 87.6 Å². The minimum absolute atomic E-state index is 0.00464. The first-order valence-corrected chi connectivity index (χ1v) is 6.81. The van der Waals surface area contributed by atoms with E-state index in [1.54, 1.807) is 12.4 Å². The molecule has 3 N–H and O–H groups in total. The molecule has 6 nitrogen and oxygen atoms in total. The van der Waals surface area contributed by atoms with Crippen molar-refractivity contribution in [1.29, 1.82) is 0 Å². The fourth-order valence-electron chi connectivity index (χ4n) is 2.15. The summed E-state index contributed by atoms with van der Waals surface area (Å²) in [4.78, 5) is 10.9. The Morgan fingerprint density at radius 2 is 1.84 bits per heavy atom. The number of nitrogens with two attached hydrogens (primary N) is 1. The van der Waals surface area contributed by atoms with Gasteiger partial charge in [0.25, 0.3) is 0 Å². The lowest BCUT2D eigenvalue weighted by molar-refractivity contribution is 0.318. The van der Waals surface area contributed by atoms with Crippen molar-refractivity contribution in [3.8, 4) is 0 Å². The molecule has 102 valence electrons. The van der Waals surface area contributed by atoms with Gasteiger partial charge < -0.3 is 15.8 Å². The lowest BCUT2D eigenvalue weighted by atomic mass is 10.3. The zero-order valence-corrected chi connectivity index (χ0v) is 10.9. The fraction of sp³-hybridized carbons (Fsp3) is 0.615. The van der Waals surface area contributed by atoms with Gasteiger partial charge >= 0.3 is 0 Å². The average Bonchev–Trinajstić information content (AvgIpc) is 3.32. The molecule has 2 aliphatic rings. The second kappa shape index (κ2) is 5.03. The van der Waals surface area contributed by atoms with Gasteiger partial charge in [-0.1, -0.05) is 5.16 Å². The maximum atomic E-state index is 8.61. The van der Waals surface area contributed by atoms with Crippen molar-refractivity contribution < 1.29 is 5.21 Å². The lowest BCUT2D eigenvalue weighted by Gasteiger charge is -2.23. The fourth-order valence-corrected chi connectivity index (χ4v) is 2.15. The molecule has 0 amide bonds. The number of oxime groups is 1. The number of aromatic nitrogens is 2. The normalized spacial score (nSPS) is 19.5. The summed E-state index contributed by atoms with van der Waals surface area (Å²) in [5, 5.41) is 11.5. The zero-order valence-electron chi connectivity index (χ0n) is 10.9. The molecule has 0 atom stereocenters. The van der Waals surface area contributed by atoms with Gasteiger partial charge in [-0.3, -0.25) is 0 Å². The molecule has 2 saturated carbocycles. The van der Waals surface area contributed by atoms with Crippen LogP contribution in [0.15, 0.2) is 17.5 Å². The molecule has 3 rings (SSSR count). The third-order valence-corrected chi connectivity index (χ3v) is 3.68. The van der Waals surface area contributed by atoms with Crippen LogP contribution in [0, 0.1) is 11.8 Å². The summed E-state index contributed by atoms with van der Waals surface area (Å²) in [6.45, 7) is 2.15. The van der Waals surface area contributed by atoms with Crippen LogP contribution < -0.4 is 10.6 Å². The van der Waals surface area contributed by atoms with Crippen LogP contribution in [-0.2, 0) is 0 Å². The maximum Gasteiger partial charge on any atom is 0.190 e. The summed E-state index contributed by atoms with van der Waals surface area (Å²) in [5.74, 6) is 2.54. The van der Waals surface area contributed by atoms with Crippen LogP contribution in [0.4, 0.5) is 5.82 Å². The summed E-state index contributed by atoms with van der Waals surface area (Å²) in [6.07, 6.45) is 8.61. The first kappa shape index (κ1) is 12.2. The van der Waals surface area contributed by atoms with Crippen molar-refractivity contribution in [2.45, 2.75) is 25.7 Å². The predicted octanol–water partition coefficient (Wildman–Crippen LogP) is 1.20. The smallest absolute Gasteiger partial charge is 0.190 e. The Labute approximate surface area is 112 Å². The van der Waals surface area contributed by atoms with Crippen molar-refractivity contribution in [2.75, 3.05) is 18.0 Å². The molecule has 0 radical (unpaired) electrons. The molecule has 0 aromatic carbocycles. The quantitative estimate of drug-likeness (QED) is 0.348. The predicted molar refractivity (Wildman–Crippen MR) is 72.2 cm³/mol. The van der Waals surface area contributed by atoms with Crippen LogP contribution >= 0.6 is 0 Å². The molecule has 1 heterocycles. The van der Waals surface area contributed by atoms with E-state index in [-0.39, 0.29) is 5.84 Å². The van der Waals surface area contributed by atoms with Crippen LogP contribution in [-0.4, -0.2) is 34.1 Å². The Morgan fingerprint density at radius 1 is 1.21 bits per heavy atom. The summed E-state index contributed by atoms with van der Waals surface area (Å²) in [6, 6.07) is 0. The molecule has 19 heavy (non-hydrogen) atoms. The van der Waals surface area contributed by atoms with Crippen LogP contribution in [0.5, 0.6) is 0 Å². The molecule has 2 fully saturated rings. The highest BCUT2D eigenvalue weighted by molar-refractivity contribution is 5.94. The van der Waals surface area contributed by atoms with Crippen molar-refractivity contribution in [3.05, 3.63) is 18.1 Å². The van der Waals surface area contributed by atoms with Gasteiger partial charge in [0.05, 0.1) is 12.4 Å². The zero-order chi connectivity index (χ0) is 13.2. The van der Waals surface area contributed by atoms with Gasteiger partial charge in [0.1, 0.15) is 11.5 Å². The van der Waals surface area contributed by atoms with Gasteiger partial charge in [0.2, 0.25) is 0 Å². The van der Waals surface area contributed by atoms with Gasteiger partial charge in [0, 0.05) is 13.1 Å². The van der Waals surface area contributed by atoms with Gasteiger partial charge in [-0.2, -0.15) is 0 Å². The summed E-state index contributed by atoms with van der Waals surface area (Å²) in [7, 11) is 0. The van der Waals surface area contributed by atoms with Crippen LogP contribution in [0.25, 0.3) is 0 Å². The highest BCUT2D eigenvalue weighted by atomic mass is 16.4. The molecule has 0 spiro atoms. The molecule has 1 aromatic rings. The van der Waals surface area contributed by atoms with Crippen LogP contribution in [0.2, 0.25) is 0 Å². The number of anilines is 1. The Kier molecular flexibility index (Phi) is 3.23. The second-order valence-electron chi connectivity index (χ2n) is 5.54. The molecule has 0 bridgehead atoms. The van der Waals surface area contributed by atoms with E-state index in [0.717, 1.165) is 30.7 Å². The maximum absolute atomic E-state index is 8.61. The number of nitrogens with zero attached hydrogens (tertiary/aromatic N) is 4. The molecular formula is C13H19N5O. The number of amidine groups is 1. The van der Waals surface area contributed by atoms with E-state index in [0.29, 0.717) is 5.69 Å². The van der Waals surface area contributed by atoms with Gasteiger partial charge in [0.15, 0.2) is 5.84 Å². The number of hydrogen-bond acceptors (Lipinski definition) is 5. The minimum atomic E-state index is -0.00464. The number of rotatable bonds is 6. The van der Waals surface area contributed by atoms with E-state index >= 15 is 0 Å². The third kappa shape index (κ3) is 3.13. The average molecular weight is 261 g/mol. The first-order valence-electron chi connectivity index (χ1n) is 6.81. The molecule has 1 aromatic heterocycles. The standard InChI is InChI=1S/C13H19N5O/c14-13(17-19)11-5-16-12(6-15-11)18(7-9-1-2-9)8-10-3-4-10/h5-6,9-10,19H,1-4,7-8H2,(H2,14,17). The monoisotopic (exact) mass is 261 g/mol. The Bertz CT molecular complexity index is 450. The molecule has 0 saturated heterocycles. The Morgan fingerprint density at radius 3 is 2.26 bits per heavy atom. The third-order valence-electron chi connectivity index (χ3n) is 3.68. The van der Waals surface area contributed by atoms with E-state index < -0.39 is 0 Å². The van der Waals surface area contributed by atoms with Crippen molar-refractivity contribution in [1.82, 2.24) is 9.97 Å². The Hall–Kier alpha value is -1.85. The molecular weight excluding hydrogens is 242 g/mol.